The van der Waals surface area contributed by atoms with Gasteiger partial charge in [-0.05, 0) is 37.3 Å². The largest absolute Gasteiger partial charge is 0.376 e. The molecule has 1 N–H and O–H groups in total. The number of carbonyl (C=O) groups excluding carboxylic acids is 2. The Labute approximate surface area is 141 Å². The van der Waals surface area contributed by atoms with E-state index in [1.807, 2.05) is 17.0 Å². The van der Waals surface area contributed by atoms with Crippen molar-refractivity contribution in [3.63, 3.8) is 0 Å². The number of piperidine rings is 1. The van der Waals surface area contributed by atoms with Crippen molar-refractivity contribution in [2.45, 2.75) is 44.4 Å². The van der Waals surface area contributed by atoms with Crippen molar-refractivity contribution in [1.82, 2.24) is 15.2 Å². The molecule has 1 aromatic heterocycles. The molecule has 6 heteroatoms. The van der Waals surface area contributed by atoms with Gasteiger partial charge in [-0.15, -0.1) is 0 Å². The average molecular weight is 329 g/mol. The van der Waals surface area contributed by atoms with Gasteiger partial charge in [-0.1, -0.05) is 6.07 Å². The van der Waals surface area contributed by atoms with E-state index in [-0.39, 0.29) is 35.8 Å². The average Bonchev–Trinajstić information content (AvgIpc) is 3.36. The molecule has 0 spiro atoms. The molecule has 24 heavy (non-hydrogen) atoms. The number of carbonyl (C=O) groups is 2. The van der Waals surface area contributed by atoms with E-state index in [9.17, 15) is 9.59 Å². The van der Waals surface area contributed by atoms with Crippen LogP contribution in [0.25, 0.3) is 0 Å². The van der Waals surface area contributed by atoms with Crippen molar-refractivity contribution < 1.29 is 14.3 Å². The smallest absolute Gasteiger partial charge is 0.226 e. The lowest BCUT2D eigenvalue weighted by atomic mass is 9.89. The Morgan fingerprint density at radius 3 is 2.92 bits per heavy atom. The lowest BCUT2D eigenvalue weighted by molar-refractivity contribution is -0.143. The minimum Gasteiger partial charge on any atom is -0.376 e. The molecule has 1 saturated carbocycles. The van der Waals surface area contributed by atoms with Crippen LogP contribution in [0.4, 0.5) is 0 Å². The maximum absolute atomic E-state index is 12.6. The Balaban J connectivity index is 1.40. The molecule has 0 aromatic carbocycles. The summed E-state index contributed by atoms with van der Waals surface area (Å²) in [7, 11) is 0. The zero-order valence-electron chi connectivity index (χ0n) is 13.7. The monoisotopic (exact) mass is 329 g/mol. The van der Waals surface area contributed by atoms with Crippen LogP contribution < -0.4 is 5.32 Å². The predicted octanol–water partition coefficient (Wildman–Crippen LogP) is 1.11. The van der Waals surface area contributed by atoms with Crippen molar-refractivity contribution >= 4 is 11.8 Å². The van der Waals surface area contributed by atoms with E-state index in [4.69, 9.17) is 4.74 Å². The maximum atomic E-state index is 12.6. The van der Waals surface area contributed by atoms with Gasteiger partial charge >= 0.3 is 0 Å². The lowest BCUT2D eigenvalue weighted by Crippen LogP contribution is -2.55. The van der Waals surface area contributed by atoms with Gasteiger partial charge in [0.2, 0.25) is 11.8 Å². The molecule has 128 valence electrons. The molecule has 6 nitrogen and oxygen atoms in total. The normalized spacial score (nSPS) is 29.2. The zero-order chi connectivity index (χ0) is 16.5. The van der Waals surface area contributed by atoms with Crippen LogP contribution in [0.5, 0.6) is 0 Å². The molecule has 2 saturated heterocycles. The second-order valence-electron chi connectivity index (χ2n) is 7.04. The molecule has 3 fully saturated rings. The summed E-state index contributed by atoms with van der Waals surface area (Å²) < 4.78 is 5.80. The van der Waals surface area contributed by atoms with Crippen molar-refractivity contribution in [3.05, 3.63) is 30.1 Å². The summed E-state index contributed by atoms with van der Waals surface area (Å²) in [5.41, 5.74) is 0.975. The van der Waals surface area contributed by atoms with Gasteiger partial charge in [0.1, 0.15) is 0 Å². The molecule has 0 radical (unpaired) electrons. The van der Waals surface area contributed by atoms with Crippen molar-refractivity contribution in [3.8, 4) is 0 Å². The van der Waals surface area contributed by atoms with E-state index in [1.165, 1.54) is 0 Å². The van der Waals surface area contributed by atoms with Crippen LogP contribution in [0.1, 0.15) is 31.2 Å². The number of likely N-dealkylation sites (tertiary alicyclic amines) is 1. The van der Waals surface area contributed by atoms with Crippen LogP contribution in [0, 0.1) is 11.8 Å². The van der Waals surface area contributed by atoms with Crippen molar-refractivity contribution in [2.75, 3.05) is 13.2 Å². The molecular weight excluding hydrogens is 306 g/mol. The summed E-state index contributed by atoms with van der Waals surface area (Å²) in [6.07, 6.45) is 7.06. The minimum atomic E-state index is -0.191. The van der Waals surface area contributed by atoms with Crippen LogP contribution in [0.2, 0.25) is 0 Å². The van der Waals surface area contributed by atoms with Gasteiger partial charge in [-0.25, -0.2) is 0 Å². The highest BCUT2D eigenvalue weighted by Crippen LogP contribution is 2.37. The first kappa shape index (κ1) is 15.6. The lowest BCUT2D eigenvalue weighted by Gasteiger charge is -2.40. The van der Waals surface area contributed by atoms with Crippen LogP contribution >= 0.6 is 0 Å². The maximum Gasteiger partial charge on any atom is 0.226 e. The Bertz CT molecular complexity index is 617. The summed E-state index contributed by atoms with van der Waals surface area (Å²) in [6.45, 7) is 1.68. The highest BCUT2D eigenvalue weighted by Gasteiger charge is 2.46. The fourth-order valence-electron chi connectivity index (χ4n) is 3.79. The SMILES string of the molecule is O=C(NCc1cccnc1)[C@H]1C[C@H]2OCC[C@H]2N(C(=O)C2CC2)C1. The Kier molecular flexibility index (Phi) is 4.22. The number of nitrogens with zero attached hydrogens (tertiary/aromatic N) is 2. The fourth-order valence-corrected chi connectivity index (χ4v) is 3.79. The Morgan fingerprint density at radius 2 is 2.17 bits per heavy atom. The molecular formula is C18H23N3O3. The first-order valence-corrected chi connectivity index (χ1v) is 8.81. The van der Waals surface area contributed by atoms with E-state index in [0.29, 0.717) is 26.1 Å². The number of amides is 2. The fraction of sp³-hybridized carbons (Fsp3) is 0.611. The zero-order valence-corrected chi connectivity index (χ0v) is 13.7. The van der Waals surface area contributed by atoms with Gasteiger partial charge < -0.3 is 15.0 Å². The first-order valence-electron chi connectivity index (χ1n) is 8.81. The molecule has 4 rings (SSSR count). The molecule has 1 aliphatic carbocycles. The van der Waals surface area contributed by atoms with Gasteiger partial charge in [-0.3, -0.25) is 14.6 Å². The summed E-state index contributed by atoms with van der Waals surface area (Å²) in [6, 6.07) is 3.96. The van der Waals surface area contributed by atoms with Gasteiger partial charge in [0.15, 0.2) is 0 Å². The second kappa shape index (κ2) is 6.51. The molecule has 3 heterocycles. The van der Waals surface area contributed by atoms with Gasteiger partial charge in [-0.2, -0.15) is 0 Å². The van der Waals surface area contributed by atoms with E-state index in [2.05, 4.69) is 10.3 Å². The minimum absolute atomic E-state index is 0.00130. The highest BCUT2D eigenvalue weighted by atomic mass is 16.5. The molecule has 3 aliphatic rings. The predicted molar refractivity (Wildman–Crippen MR) is 86.8 cm³/mol. The molecule has 2 aliphatic heterocycles. The number of rotatable bonds is 4. The number of nitrogens with one attached hydrogen (secondary N) is 1. The summed E-state index contributed by atoms with van der Waals surface area (Å²) in [4.78, 5) is 31.2. The topological polar surface area (TPSA) is 71.5 Å². The molecule has 1 aromatic rings. The summed E-state index contributed by atoms with van der Waals surface area (Å²) in [5.74, 6) is 0.217. The van der Waals surface area contributed by atoms with Crippen LogP contribution in [-0.4, -0.2) is 47.0 Å². The highest BCUT2D eigenvalue weighted by molar-refractivity contribution is 5.84. The van der Waals surface area contributed by atoms with Crippen LogP contribution in [0.15, 0.2) is 24.5 Å². The van der Waals surface area contributed by atoms with Crippen molar-refractivity contribution in [2.24, 2.45) is 11.8 Å². The third-order valence-corrected chi connectivity index (χ3v) is 5.28. The molecule has 2 amide bonds. The van der Waals surface area contributed by atoms with Crippen molar-refractivity contribution in [1.29, 1.82) is 0 Å². The van der Waals surface area contributed by atoms with Crippen LogP contribution in [0.3, 0.4) is 0 Å². The Morgan fingerprint density at radius 1 is 1.29 bits per heavy atom. The van der Waals surface area contributed by atoms with E-state index in [1.54, 1.807) is 12.4 Å². The van der Waals surface area contributed by atoms with Crippen LogP contribution in [-0.2, 0) is 20.9 Å². The number of aromatic nitrogens is 1. The standard InChI is InChI=1S/C18H23N3O3/c22-17(20-10-12-2-1-6-19-9-12)14-8-16-15(5-7-24-16)21(11-14)18(23)13-3-4-13/h1-2,6,9,13-16H,3-5,7-8,10-11H2,(H,20,22)/t14-,15+,16+/m0/s1. The number of pyridine rings is 1. The quantitative estimate of drug-likeness (QED) is 0.898. The van der Waals surface area contributed by atoms with E-state index < -0.39 is 0 Å². The van der Waals surface area contributed by atoms with Gasteiger partial charge in [0.05, 0.1) is 18.1 Å². The van der Waals surface area contributed by atoms with E-state index >= 15 is 0 Å². The number of hydrogen-bond acceptors (Lipinski definition) is 4. The molecule has 3 atom stereocenters. The second-order valence-corrected chi connectivity index (χ2v) is 7.04. The number of fused-ring (bicyclic) bond motifs is 1. The molecule has 0 bridgehead atoms. The third kappa shape index (κ3) is 3.15. The number of hydrogen-bond donors (Lipinski definition) is 1. The Hall–Kier alpha value is -1.95. The summed E-state index contributed by atoms with van der Waals surface area (Å²) >= 11 is 0. The first-order chi connectivity index (χ1) is 11.7. The van der Waals surface area contributed by atoms with Gasteiger partial charge in [0.25, 0.3) is 0 Å². The number of ether oxygens (including phenoxy) is 1. The van der Waals surface area contributed by atoms with Gasteiger partial charge in [0, 0.05) is 38.0 Å². The molecule has 0 unspecified atom stereocenters. The third-order valence-electron chi connectivity index (χ3n) is 5.28. The summed E-state index contributed by atoms with van der Waals surface area (Å²) in [5, 5.41) is 2.98. The van der Waals surface area contributed by atoms with E-state index in [0.717, 1.165) is 24.8 Å².